The number of aryl methyl sites for hydroxylation is 2. The molecule has 0 fully saturated rings. The van der Waals surface area contributed by atoms with Crippen molar-refractivity contribution in [3.63, 3.8) is 0 Å². The van der Waals surface area contributed by atoms with Crippen molar-refractivity contribution in [1.29, 1.82) is 0 Å². The van der Waals surface area contributed by atoms with E-state index in [0.29, 0.717) is 22.2 Å². The van der Waals surface area contributed by atoms with Gasteiger partial charge >= 0.3 is 0 Å². The van der Waals surface area contributed by atoms with Gasteiger partial charge in [0.05, 0.1) is 10.9 Å². The van der Waals surface area contributed by atoms with Crippen LogP contribution in [0.1, 0.15) is 24.5 Å². The number of rotatable bonds is 7. The Balaban J connectivity index is 1.80. The lowest BCUT2D eigenvalue weighted by Crippen LogP contribution is -2.26. The molecule has 28 heavy (non-hydrogen) atoms. The molecule has 2 rings (SSSR count). The molecular weight excluding hydrogens is 446 g/mol. The van der Waals surface area contributed by atoms with E-state index in [1.165, 1.54) is 0 Å². The third kappa shape index (κ3) is 6.98. The largest absolute Gasteiger partial charge is 0.483 e. The molecule has 2 N–H and O–H groups in total. The molecular formula is C20H21BrClN3O3. The zero-order valence-electron chi connectivity index (χ0n) is 15.8. The first-order valence-electron chi connectivity index (χ1n) is 8.51. The van der Waals surface area contributed by atoms with Gasteiger partial charge in [0.15, 0.2) is 6.61 Å². The normalized spacial score (nSPS) is 11.1. The molecule has 0 unspecified atom stereocenters. The van der Waals surface area contributed by atoms with Crippen LogP contribution < -0.4 is 15.5 Å². The number of benzene rings is 2. The van der Waals surface area contributed by atoms with Gasteiger partial charge in [0.25, 0.3) is 5.91 Å². The van der Waals surface area contributed by atoms with Crippen molar-refractivity contribution >= 4 is 50.7 Å². The molecule has 0 atom stereocenters. The van der Waals surface area contributed by atoms with Crippen LogP contribution in [0.2, 0.25) is 5.02 Å². The van der Waals surface area contributed by atoms with Crippen molar-refractivity contribution in [3.05, 3.63) is 57.0 Å². The monoisotopic (exact) mass is 465 g/mol. The Morgan fingerprint density at radius 2 is 1.89 bits per heavy atom. The molecule has 2 aromatic carbocycles. The lowest BCUT2D eigenvalue weighted by atomic mass is 10.2. The highest BCUT2D eigenvalue weighted by Crippen LogP contribution is 2.25. The molecule has 0 saturated heterocycles. The van der Waals surface area contributed by atoms with E-state index in [9.17, 15) is 9.59 Å². The maximum absolute atomic E-state index is 12.1. The van der Waals surface area contributed by atoms with Gasteiger partial charge in [-0.1, -0.05) is 17.7 Å². The van der Waals surface area contributed by atoms with Crippen LogP contribution in [0.15, 0.2) is 46.0 Å². The van der Waals surface area contributed by atoms with Crippen molar-refractivity contribution in [1.82, 2.24) is 5.43 Å². The van der Waals surface area contributed by atoms with Gasteiger partial charge < -0.3 is 10.1 Å². The van der Waals surface area contributed by atoms with E-state index < -0.39 is 5.91 Å². The van der Waals surface area contributed by atoms with Crippen LogP contribution in [0.3, 0.4) is 0 Å². The van der Waals surface area contributed by atoms with Crippen LogP contribution in [0, 0.1) is 13.8 Å². The summed E-state index contributed by atoms with van der Waals surface area (Å²) in [4.78, 5) is 24.0. The number of hydrogen-bond acceptors (Lipinski definition) is 4. The summed E-state index contributed by atoms with van der Waals surface area (Å²) in [5.74, 6) is -0.0827. The van der Waals surface area contributed by atoms with Crippen LogP contribution in [-0.4, -0.2) is 24.1 Å². The van der Waals surface area contributed by atoms with Crippen LogP contribution >= 0.6 is 27.5 Å². The second kappa shape index (κ2) is 10.2. The Hall–Kier alpha value is -2.38. The number of amides is 2. The molecule has 0 bridgehead atoms. The van der Waals surface area contributed by atoms with Crippen molar-refractivity contribution < 1.29 is 14.3 Å². The Bertz CT molecular complexity index is 916. The van der Waals surface area contributed by atoms with Gasteiger partial charge in [0.1, 0.15) is 5.75 Å². The van der Waals surface area contributed by atoms with Gasteiger partial charge in [-0.2, -0.15) is 5.10 Å². The highest BCUT2D eigenvalue weighted by atomic mass is 79.9. The summed E-state index contributed by atoms with van der Waals surface area (Å²) in [6, 6.07) is 10.8. The lowest BCUT2D eigenvalue weighted by molar-refractivity contribution is -0.123. The molecule has 0 aliphatic carbocycles. The molecule has 0 saturated carbocycles. The average molecular weight is 467 g/mol. The van der Waals surface area contributed by atoms with Gasteiger partial charge in [-0.25, -0.2) is 5.43 Å². The number of carbonyl (C=O) groups is 2. The number of halogens is 2. The predicted molar refractivity (Wildman–Crippen MR) is 115 cm³/mol. The van der Waals surface area contributed by atoms with Gasteiger partial charge in [0, 0.05) is 16.4 Å². The summed E-state index contributed by atoms with van der Waals surface area (Å²) < 4.78 is 6.22. The minimum absolute atomic E-state index is 0.0483. The molecule has 6 nitrogen and oxygen atoms in total. The van der Waals surface area contributed by atoms with Crippen LogP contribution in [-0.2, 0) is 9.59 Å². The van der Waals surface area contributed by atoms with Crippen molar-refractivity contribution in [3.8, 4) is 5.75 Å². The summed E-state index contributed by atoms with van der Waals surface area (Å²) in [5, 5.41) is 7.33. The van der Waals surface area contributed by atoms with Gasteiger partial charge in [-0.15, -0.1) is 0 Å². The fourth-order valence-electron chi connectivity index (χ4n) is 2.29. The molecule has 0 aliphatic heterocycles. The highest BCUT2D eigenvalue weighted by Gasteiger charge is 2.09. The third-order valence-electron chi connectivity index (χ3n) is 3.70. The molecule has 0 aliphatic rings. The van der Waals surface area contributed by atoms with E-state index in [1.807, 2.05) is 26.0 Å². The SMILES string of the molecule is C/C(CC(=O)Nc1ccc(Cl)cc1C)=N\NC(=O)COc1ccc(C)cc1Br. The maximum atomic E-state index is 12.1. The summed E-state index contributed by atoms with van der Waals surface area (Å²) in [7, 11) is 0. The minimum atomic E-state index is -0.416. The first kappa shape index (κ1) is 21.9. The number of nitrogens with one attached hydrogen (secondary N) is 2. The standard InChI is InChI=1S/C20H21BrClN3O3/c1-12-4-7-18(16(21)8-12)28-11-20(27)25-24-14(3)10-19(26)23-17-6-5-15(22)9-13(17)2/h4-9H,10-11H2,1-3H3,(H,23,26)(H,25,27)/b24-14+. The lowest BCUT2D eigenvalue weighted by Gasteiger charge is -2.09. The Kier molecular flexibility index (Phi) is 8.02. The molecule has 0 radical (unpaired) electrons. The number of ether oxygens (including phenoxy) is 1. The number of anilines is 1. The van der Waals surface area contributed by atoms with Gasteiger partial charge in [0.2, 0.25) is 5.91 Å². The maximum Gasteiger partial charge on any atom is 0.277 e. The zero-order valence-corrected chi connectivity index (χ0v) is 18.1. The molecule has 148 valence electrons. The smallest absolute Gasteiger partial charge is 0.277 e. The van der Waals surface area contributed by atoms with Crippen LogP contribution in [0.4, 0.5) is 5.69 Å². The fraction of sp³-hybridized carbons (Fsp3) is 0.250. The second-order valence-electron chi connectivity index (χ2n) is 6.29. The minimum Gasteiger partial charge on any atom is -0.483 e. The van der Waals surface area contributed by atoms with Crippen LogP contribution in [0.25, 0.3) is 0 Å². The van der Waals surface area contributed by atoms with Crippen molar-refractivity contribution in [2.45, 2.75) is 27.2 Å². The Labute approximate surface area is 177 Å². The van der Waals surface area contributed by atoms with Crippen molar-refractivity contribution in [2.24, 2.45) is 5.10 Å². The van der Waals surface area contributed by atoms with E-state index in [0.717, 1.165) is 15.6 Å². The molecule has 2 amide bonds. The van der Waals surface area contributed by atoms with Gasteiger partial charge in [-0.05, 0) is 78.2 Å². The Morgan fingerprint density at radius 3 is 2.57 bits per heavy atom. The topological polar surface area (TPSA) is 79.8 Å². The number of nitrogens with zero attached hydrogens (tertiary/aromatic N) is 1. The fourth-order valence-corrected chi connectivity index (χ4v) is 3.12. The highest BCUT2D eigenvalue weighted by molar-refractivity contribution is 9.10. The average Bonchev–Trinajstić information content (AvgIpc) is 2.61. The van der Waals surface area contributed by atoms with E-state index in [2.05, 4.69) is 31.8 Å². The summed E-state index contributed by atoms with van der Waals surface area (Å²) in [6.45, 7) is 5.29. The summed E-state index contributed by atoms with van der Waals surface area (Å²) >= 11 is 9.29. The zero-order chi connectivity index (χ0) is 20.7. The predicted octanol–water partition coefficient (Wildman–Crippen LogP) is 4.62. The summed E-state index contributed by atoms with van der Waals surface area (Å²) in [6.07, 6.45) is 0.0483. The number of hydrazone groups is 1. The molecule has 2 aromatic rings. The van der Waals surface area contributed by atoms with Crippen molar-refractivity contribution in [2.75, 3.05) is 11.9 Å². The van der Waals surface area contributed by atoms with E-state index >= 15 is 0 Å². The van der Waals surface area contributed by atoms with E-state index in [-0.39, 0.29) is 18.9 Å². The number of carbonyl (C=O) groups excluding carboxylic acids is 2. The molecule has 0 aromatic heterocycles. The third-order valence-corrected chi connectivity index (χ3v) is 4.55. The molecule has 8 heteroatoms. The van der Waals surface area contributed by atoms with Crippen LogP contribution in [0.5, 0.6) is 5.75 Å². The molecule has 0 heterocycles. The quantitative estimate of drug-likeness (QED) is 0.461. The first-order valence-corrected chi connectivity index (χ1v) is 9.68. The first-order chi connectivity index (χ1) is 13.2. The molecule has 0 spiro atoms. The van der Waals surface area contributed by atoms with E-state index in [1.54, 1.807) is 31.2 Å². The summed E-state index contributed by atoms with van der Waals surface area (Å²) in [5.41, 5.74) is 5.48. The Morgan fingerprint density at radius 1 is 1.14 bits per heavy atom. The second-order valence-corrected chi connectivity index (χ2v) is 7.58. The van der Waals surface area contributed by atoms with Gasteiger partial charge in [-0.3, -0.25) is 9.59 Å². The number of hydrogen-bond donors (Lipinski definition) is 2. The van der Waals surface area contributed by atoms with E-state index in [4.69, 9.17) is 16.3 Å².